The van der Waals surface area contributed by atoms with Crippen molar-refractivity contribution in [1.29, 1.82) is 0 Å². The molecule has 0 saturated carbocycles. The Morgan fingerprint density at radius 2 is 1.55 bits per heavy atom. The minimum absolute atomic E-state index is 0.468. The van der Waals surface area contributed by atoms with Gasteiger partial charge in [-0.3, -0.25) is 0 Å². The maximum absolute atomic E-state index is 6.49. The van der Waals surface area contributed by atoms with E-state index in [9.17, 15) is 0 Å². The molecule has 3 rings (SSSR count). The molecule has 0 unspecified atom stereocenters. The van der Waals surface area contributed by atoms with E-state index in [1.165, 1.54) is 0 Å². The SMILES string of the molecule is COc1c(Cl)c(C2OCCO2)c(OC)c2ccccc12. The van der Waals surface area contributed by atoms with Gasteiger partial charge in [0.1, 0.15) is 11.5 Å². The summed E-state index contributed by atoms with van der Waals surface area (Å²) in [6, 6.07) is 7.79. The predicted octanol–water partition coefficient (Wildman–Crippen LogP) is 3.56. The lowest BCUT2D eigenvalue weighted by Crippen LogP contribution is -2.05. The van der Waals surface area contributed by atoms with Crippen LogP contribution in [0.25, 0.3) is 10.8 Å². The summed E-state index contributed by atoms with van der Waals surface area (Å²) in [5.74, 6) is 1.27. The molecule has 1 saturated heterocycles. The second kappa shape index (κ2) is 5.48. The van der Waals surface area contributed by atoms with Crippen molar-refractivity contribution in [2.45, 2.75) is 6.29 Å². The van der Waals surface area contributed by atoms with Gasteiger partial charge >= 0.3 is 0 Å². The van der Waals surface area contributed by atoms with Gasteiger partial charge in [0.15, 0.2) is 6.29 Å². The minimum atomic E-state index is -0.518. The summed E-state index contributed by atoms with van der Waals surface area (Å²) in [5, 5.41) is 2.29. The van der Waals surface area contributed by atoms with E-state index in [1.807, 2.05) is 24.3 Å². The predicted molar refractivity (Wildman–Crippen MR) is 76.7 cm³/mol. The van der Waals surface area contributed by atoms with Crippen LogP contribution >= 0.6 is 11.6 Å². The third-order valence-corrected chi connectivity index (χ3v) is 3.74. The van der Waals surface area contributed by atoms with Crippen molar-refractivity contribution in [3.8, 4) is 11.5 Å². The summed E-state index contributed by atoms with van der Waals surface area (Å²) in [6.07, 6.45) is -0.518. The van der Waals surface area contributed by atoms with E-state index in [-0.39, 0.29) is 0 Å². The molecule has 0 spiro atoms. The number of methoxy groups -OCH3 is 2. The third kappa shape index (κ3) is 2.00. The van der Waals surface area contributed by atoms with Gasteiger partial charge in [-0.2, -0.15) is 0 Å². The Morgan fingerprint density at radius 3 is 2.10 bits per heavy atom. The van der Waals surface area contributed by atoms with Crippen LogP contribution in [0, 0.1) is 0 Å². The number of benzene rings is 2. The van der Waals surface area contributed by atoms with Gasteiger partial charge in [0, 0.05) is 10.8 Å². The molecular weight excluding hydrogens is 280 g/mol. The quantitative estimate of drug-likeness (QED) is 0.867. The average Bonchev–Trinajstić information content (AvgIpc) is 2.99. The van der Waals surface area contributed by atoms with E-state index in [0.29, 0.717) is 35.3 Å². The molecule has 4 nitrogen and oxygen atoms in total. The normalized spacial score (nSPS) is 15.8. The van der Waals surface area contributed by atoms with Crippen LogP contribution in [0.2, 0.25) is 5.02 Å². The van der Waals surface area contributed by atoms with Crippen LogP contribution in [0.1, 0.15) is 11.9 Å². The molecule has 2 aromatic carbocycles. The molecule has 0 bridgehead atoms. The zero-order valence-corrected chi connectivity index (χ0v) is 12.1. The molecule has 5 heteroatoms. The highest BCUT2D eigenvalue weighted by Crippen LogP contribution is 2.47. The van der Waals surface area contributed by atoms with E-state index in [4.69, 9.17) is 30.5 Å². The summed E-state index contributed by atoms with van der Waals surface area (Å²) in [4.78, 5) is 0. The first-order valence-corrected chi connectivity index (χ1v) is 6.71. The van der Waals surface area contributed by atoms with Crippen molar-refractivity contribution < 1.29 is 18.9 Å². The van der Waals surface area contributed by atoms with Crippen LogP contribution in [0.5, 0.6) is 11.5 Å². The number of ether oxygens (including phenoxy) is 4. The second-order valence-corrected chi connectivity index (χ2v) is 4.79. The number of halogens is 1. The molecule has 2 aromatic rings. The molecule has 1 fully saturated rings. The monoisotopic (exact) mass is 294 g/mol. The van der Waals surface area contributed by atoms with E-state index in [0.717, 1.165) is 10.8 Å². The van der Waals surface area contributed by atoms with Crippen molar-refractivity contribution >= 4 is 22.4 Å². The topological polar surface area (TPSA) is 36.9 Å². The van der Waals surface area contributed by atoms with Gasteiger partial charge in [0.25, 0.3) is 0 Å². The number of hydrogen-bond acceptors (Lipinski definition) is 4. The smallest absolute Gasteiger partial charge is 0.189 e. The van der Waals surface area contributed by atoms with Crippen LogP contribution < -0.4 is 9.47 Å². The molecule has 20 heavy (non-hydrogen) atoms. The fourth-order valence-electron chi connectivity index (χ4n) is 2.52. The Labute approximate surface area is 122 Å². The first kappa shape index (κ1) is 13.5. The van der Waals surface area contributed by atoms with Gasteiger partial charge in [-0.1, -0.05) is 35.9 Å². The van der Waals surface area contributed by atoms with Gasteiger partial charge in [0.05, 0.1) is 38.0 Å². The third-order valence-electron chi connectivity index (χ3n) is 3.36. The highest BCUT2D eigenvalue weighted by atomic mass is 35.5. The first-order chi connectivity index (χ1) is 9.77. The summed E-state index contributed by atoms with van der Waals surface area (Å²) >= 11 is 6.49. The zero-order valence-electron chi connectivity index (χ0n) is 11.3. The van der Waals surface area contributed by atoms with Crippen molar-refractivity contribution in [3.63, 3.8) is 0 Å². The molecule has 1 aliphatic rings. The summed E-state index contributed by atoms with van der Waals surface area (Å²) in [6.45, 7) is 1.08. The fourth-order valence-corrected chi connectivity index (χ4v) is 2.87. The van der Waals surface area contributed by atoms with E-state index in [1.54, 1.807) is 14.2 Å². The first-order valence-electron chi connectivity index (χ1n) is 6.33. The van der Waals surface area contributed by atoms with Gasteiger partial charge < -0.3 is 18.9 Å². The van der Waals surface area contributed by atoms with Crippen molar-refractivity contribution in [3.05, 3.63) is 34.9 Å². The fraction of sp³-hybridized carbons (Fsp3) is 0.333. The summed E-state index contributed by atoms with van der Waals surface area (Å²) < 4.78 is 22.1. The van der Waals surface area contributed by atoms with E-state index < -0.39 is 6.29 Å². The van der Waals surface area contributed by atoms with Crippen molar-refractivity contribution in [2.24, 2.45) is 0 Å². The molecule has 0 aliphatic carbocycles. The van der Waals surface area contributed by atoms with E-state index >= 15 is 0 Å². The molecule has 0 radical (unpaired) electrons. The number of rotatable bonds is 3. The zero-order chi connectivity index (χ0) is 14.1. The maximum atomic E-state index is 6.49. The van der Waals surface area contributed by atoms with Crippen LogP contribution in [0.15, 0.2) is 24.3 Å². The Bertz CT molecular complexity index is 635. The Hall–Kier alpha value is -1.49. The largest absolute Gasteiger partial charge is 0.496 e. The molecule has 106 valence electrons. The molecule has 0 N–H and O–H groups in total. The lowest BCUT2D eigenvalue weighted by molar-refractivity contribution is -0.0453. The van der Waals surface area contributed by atoms with Gasteiger partial charge in [-0.25, -0.2) is 0 Å². The highest BCUT2D eigenvalue weighted by molar-refractivity contribution is 6.34. The summed E-state index contributed by atoms with van der Waals surface area (Å²) in [7, 11) is 3.21. The van der Waals surface area contributed by atoms with Gasteiger partial charge in [-0.15, -0.1) is 0 Å². The van der Waals surface area contributed by atoms with Crippen LogP contribution in [0.3, 0.4) is 0 Å². The van der Waals surface area contributed by atoms with Crippen molar-refractivity contribution in [1.82, 2.24) is 0 Å². The maximum Gasteiger partial charge on any atom is 0.189 e. The molecule has 0 amide bonds. The van der Waals surface area contributed by atoms with Crippen LogP contribution in [0.4, 0.5) is 0 Å². The Balaban J connectivity index is 2.34. The summed E-state index contributed by atoms with van der Waals surface area (Å²) in [5.41, 5.74) is 0.683. The molecular formula is C15H15ClO4. The van der Waals surface area contributed by atoms with E-state index in [2.05, 4.69) is 0 Å². The number of hydrogen-bond donors (Lipinski definition) is 0. The van der Waals surface area contributed by atoms with Gasteiger partial charge in [0.2, 0.25) is 0 Å². The Kier molecular flexibility index (Phi) is 3.70. The lowest BCUT2D eigenvalue weighted by Gasteiger charge is -2.20. The second-order valence-electron chi connectivity index (χ2n) is 4.41. The average molecular weight is 295 g/mol. The van der Waals surface area contributed by atoms with Crippen LogP contribution in [-0.2, 0) is 9.47 Å². The van der Waals surface area contributed by atoms with Crippen LogP contribution in [-0.4, -0.2) is 27.4 Å². The highest BCUT2D eigenvalue weighted by Gasteiger charge is 2.29. The molecule has 0 aromatic heterocycles. The Morgan fingerprint density at radius 1 is 1.00 bits per heavy atom. The van der Waals surface area contributed by atoms with Gasteiger partial charge in [-0.05, 0) is 0 Å². The number of fused-ring (bicyclic) bond motifs is 1. The molecule has 1 heterocycles. The molecule has 0 atom stereocenters. The van der Waals surface area contributed by atoms with Crippen molar-refractivity contribution in [2.75, 3.05) is 27.4 Å². The molecule has 1 aliphatic heterocycles. The lowest BCUT2D eigenvalue weighted by atomic mass is 10.0. The minimum Gasteiger partial charge on any atom is -0.496 e. The standard InChI is InChI=1S/C15H15ClO4/c1-17-13-9-5-3-4-6-10(9)14(18-2)12(16)11(13)15-19-7-8-20-15/h3-6,15H,7-8H2,1-2H3.